The molecule has 0 heterocycles. The van der Waals surface area contributed by atoms with E-state index in [1.165, 1.54) is 12.1 Å². The number of benzene rings is 1. The lowest BCUT2D eigenvalue weighted by Gasteiger charge is -2.04. The number of rotatable bonds is 3. The summed E-state index contributed by atoms with van der Waals surface area (Å²) in [6.45, 7) is 1.42. The molecular weight excluding hydrogens is 199 g/mol. The first kappa shape index (κ1) is 11.2. The Morgan fingerprint density at radius 3 is 2.67 bits per heavy atom. The lowest BCUT2D eigenvalue weighted by Crippen LogP contribution is -2.33. The fourth-order valence-corrected chi connectivity index (χ4v) is 1.07. The van der Waals surface area contributed by atoms with Gasteiger partial charge in [-0.15, -0.1) is 0 Å². The van der Waals surface area contributed by atoms with Crippen LogP contribution in [-0.2, 0) is 4.79 Å². The molecule has 0 unspecified atom stereocenters. The third kappa shape index (κ3) is 3.05. The number of carbonyl (C=O) groups excluding carboxylic acids is 2. The summed E-state index contributed by atoms with van der Waals surface area (Å²) < 4.78 is 13.2. The van der Waals surface area contributed by atoms with Crippen LogP contribution in [0.3, 0.4) is 0 Å². The molecule has 0 bridgehead atoms. The third-order valence-electron chi connectivity index (χ3n) is 1.79. The Labute approximate surface area is 86.3 Å². The quantitative estimate of drug-likeness (QED) is 0.755. The van der Waals surface area contributed by atoms with Crippen molar-refractivity contribution in [2.75, 3.05) is 6.54 Å². The molecule has 1 aromatic carbocycles. The van der Waals surface area contributed by atoms with Crippen molar-refractivity contribution in [2.24, 2.45) is 5.73 Å². The number of primary amides is 1. The van der Waals surface area contributed by atoms with E-state index in [0.29, 0.717) is 0 Å². The fourth-order valence-electron chi connectivity index (χ4n) is 1.07. The monoisotopic (exact) mass is 210 g/mol. The number of halogens is 1. The Hall–Kier alpha value is -1.91. The highest BCUT2D eigenvalue weighted by Gasteiger charge is 2.11. The highest BCUT2D eigenvalue weighted by Crippen LogP contribution is 2.09. The van der Waals surface area contributed by atoms with Gasteiger partial charge in [0, 0.05) is 0 Å². The van der Waals surface area contributed by atoms with Gasteiger partial charge in [-0.1, -0.05) is 6.07 Å². The SMILES string of the molecule is Cc1ccc(C(=O)NCC(N)=O)c(F)c1. The molecule has 0 atom stereocenters. The molecule has 5 heteroatoms. The fraction of sp³-hybridized carbons (Fsp3) is 0.200. The van der Waals surface area contributed by atoms with Crippen LogP contribution in [0.2, 0.25) is 0 Å². The molecular formula is C10H11FN2O2. The van der Waals surface area contributed by atoms with Gasteiger partial charge in [-0.3, -0.25) is 9.59 Å². The van der Waals surface area contributed by atoms with Crippen LogP contribution in [0, 0.1) is 12.7 Å². The van der Waals surface area contributed by atoms with Crippen LogP contribution in [-0.4, -0.2) is 18.4 Å². The van der Waals surface area contributed by atoms with Gasteiger partial charge in [-0.2, -0.15) is 0 Å². The van der Waals surface area contributed by atoms with Crippen LogP contribution < -0.4 is 11.1 Å². The number of aryl methyl sites for hydroxylation is 1. The van der Waals surface area contributed by atoms with E-state index in [1.807, 2.05) is 0 Å². The van der Waals surface area contributed by atoms with Crippen LogP contribution in [0.1, 0.15) is 15.9 Å². The first-order valence-electron chi connectivity index (χ1n) is 4.33. The molecule has 1 rings (SSSR count). The van der Waals surface area contributed by atoms with Gasteiger partial charge in [0.25, 0.3) is 5.91 Å². The number of nitrogens with one attached hydrogen (secondary N) is 1. The van der Waals surface area contributed by atoms with Crippen molar-refractivity contribution >= 4 is 11.8 Å². The van der Waals surface area contributed by atoms with Gasteiger partial charge >= 0.3 is 0 Å². The first-order valence-corrected chi connectivity index (χ1v) is 4.33. The smallest absolute Gasteiger partial charge is 0.254 e. The summed E-state index contributed by atoms with van der Waals surface area (Å²) in [6, 6.07) is 4.22. The van der Waals surface area contributed by atoms with E-state index >= 15 is 0 Å². The molecule has 0 saturated heterocycles. The molecule has 0 aliphatic carbocycles. The standard InChI is InChI=1S/C10H11FN2O2/c1-6-2-3-7(8(11)4-6)10(15)13-5-9(12)14/h2-4H,5H2,1H3,(H2,12,14)(H,13,15). The average Bonchev–Trinajstić information content (AvgIpc) is 2.14. The average molecular weight is 210 g/mol. The third-order valence-corrected chi connectivity index (χ3v) is 1.79. The van der Waals surface area contributed by atoms with Gasteiger partial charge in [0.2, 0.25) is 5.91 Å². The molecule has 15 heavy (non-hydrogen) atoms. The van der Waals surface area contributed by atoms with Gasteiger partial charge in [-0.05, 0) is 24.6 Å². The Morgan fingerprint density at radius 2 is 2.13 bits per heavy atom. The van der Waals surface area contributed by atoms with Crippen molar-refractivity contribution in [3.8, 4) is 0 Å². The van der Waals surface area contributed by atoms with Crippen molar-refractivity contribution < 1.29 is 14.0 Å². The first-order chi connectivity index (χ1) is 7.00. The lowest BCUT2D eigenvalue weighted by molar-refractivity contribution is -0.117. The molecule has 0 fully saturated rings. The summed E-state index contributed by atoms with van der Waals surface area (Å²) in [5.74, 6) is -1.93. The number of carbonyl (C=O) groups is 2. The van der Waals surface area contributed by atoms with Gasteiger partial charge < -0.3 is 11.1 Å². The highest BCUT2D eigenvalue weighted by molar-refractivity contribution is 5.96. The van der Waals surface area contributed by atoms with E-state index < -0.39 is 17.6 Å². The molecule has 0 aromatic heterocycles. The zero-order valence-electron chi connectivity index (χ0n) is 8.21. The molecule has 2 amide bonds. The Bertz CT molecular complexity index is 404. The topological polar surface area (TPSA) is 72.2 Å². The second kappa shape index (κ2) is 4.54. The largest absolute Gasteiger partial charge is 0.368 e. The van der Waals surface area contributed by atoms with Crippen LogP contribution in [0.5, 0.6) is 0 Å². The van der Waals surface area contributed by atoms with Crippen LogP contribution >= 0.6 is 0 Å². The number of hydrogen-bond acceptors (Lipinski definition) is 2. The number of nitrogens with two attached hydrogens (primary N) is 1. The zero-order chi connectivity index (χ0) is 11.4. The molecule has 0 aliphatic heterocycles. The van der Waals surface area contributed by atoms with Gasteiger partial charge in [0.05, 0.1) is 12.1 Å². The molecule has 80 valence electrons. The summed E-state index contributed by atoms with van der Waals surface area (Å²) in [5, 5.41) is 2.21. The van der Waals surface area contributed by atoms with E-state index in [-0.39, 0.29) is 12.1 Å². The molecule has 0 saturated carbocycles. The van der Waals surface area contributed by atoms with Crippen molar-refractivity contribution in [3.63, 3.8) is 0 Å². The maximum absolute atomic E-state index is 13.2. The van der Waals surface area contributed by atoms with Crippen LogP contribution in [0.4, 0.5) is 4.39 Å². The van der Waals surface area contributed by atoms with Crippen molar-refractivity contribution in [2.45, 2.75) is 6.92 Å². The minimum Gasteiger partial charge on any atom is -0.368 e. The molecule has 0 spiro atoms. The van der Waals surface area contributed by atoms with E-state index in [0.717, 1.165) is 5.56 Å². The second-order valence-electron chi connectivity index (χ2n) is 3.13. The van der Waals surface area contributed by atoms with E-state index in [1.54, 1.807) is 13.0 Å². The van der Waals surface area contributed by atoms with E-state index in [4.69, 9.17) is 5.73 Å². The van der Waals surface area contributed by atoms with Crippen LogP contribution in [0.25, 0.3) is 0 Å². The predicted octanol–water partition coefficient (Wildman–Crippen LogP) is 0.349. The summed E-state index contributed by atoms with van der Waals surface area (Å²) in [5.41, 5.74) is 5.46. The Kier molecular flexibility index (Phi) is 3.38. The molecule has 4 nitrogen and oxygen atoms in total. The number of hydrogen-bond donors (Lipinski definition) is 2. The van der Waals surface area contributed by atoms with Crippen LogP contribution in [0.15, 0.2) is 18.2 Å². The number of amides is 2. The summed E-state index contributed by atoms with van der Waals surface area (Å²) >= 11 is 0. The minimum atomic E-state index is -0.670. The zero-order valence-corrected chi connectivity index (χ0v) is 8.21. The second-order valence-corrected chi connectivity index (χ2v) is 3.13. The summed E-state index contributed by atoms with van der Waals surface area (Å²) in [7, 11) is 0. The molecule has 3 N–H and O–H groups in total. The molecule has 0 radical (unpaired) electrons. The van der Waals surface area contributed by atoms with Crippen molar-refractivity contribution in [1.82, 2.24) is 5.32 Å². The highest BCUT2D eigenvalue weighted by atomic mass is 19.1. The van der Waals surface area contributed by atoms with Gasteiger partial charge in [0.1, 0.15) is 5.82 Å². The summed E-state index contributed by atoms with van der Waals surface area (Å²) in [4.78, 5) is 21.7. The normalized spacial score (nSPS) is 9.73. The maximum Gasteiger partial charge on any atom is 0.254 e. The molecule has 1 aromatic rings. The summed E-state index contributed by atoms with van der Waals surface area (Å²) in [6.07, 6.45) is 0. The van der Waals surface area contributed by atoms with Crippen molar-refractivity contribution in [1.29, 1.82) is 0 Å². The van der Waals surface area contributed by atoms with Crippen molar-refractivity contribution in [3.05, 3.63) is 35.1 Å². The minimum absolute atomic E-state index is 0.0955. The van der Waals surface area contributed by atoms with E-state index in [9.17, 15) is 14.0 Å². The predicted molar refractivity (Wildman–Crippen MR) is 52.7 cm³/mol. The Balaban J connectivity index is 2.78. The van der Waals surface area contributed by atoms with Gasteiger partial charge in [0.15, 0.2) is 0 Å². The van der Waals surface area contributed by atoms with Gasteiger partial charge in [-0.25, -0.2) is 4.39 Å². The van der Waals surface area contributed by atoms with E-state index in [2.05, 4.69) is 5.32 Å². The Morgan fingerprint density at radius 1 is 1.47 bits per heavy atom. The molecule has 0 aliphatic rings. The maximum atomic E-state index is 13.2. The lowest BCUT2D eigenvalue weighted by atomic mass is 10.1.